The van der Waals surface area contributed by atoms with Crippen LogP contribution in [0.25, 0.3) is 21.8 Å². The fraction of sp³-hybridized carbons (Fsp3) is 0.581. The number of hydrogen-bond acceptors (Lipinski definition) is 7. The summed E-state index contributed by atoms with van der Waals surface area (Å²) in [4.78, 5) is 40.3. The zero-order valence-corrected chi connectivity index (χ0v) is 25.6. The first kappa shape index (κ1) is 29.2. The molecule has 3 aromatic rings. The molecule has 226 valence electrons. The van der Waals surface area contributed by atoms with Crippen LogP contribution < -0.4 is 5.32 Å². The maximum absolute atomic E-state index is 13.6. The Hall–Kier alpha value is -2.92. The van der Waals surface area contributed by atoms with Gasteiger partial charge < -0.3 is 29.6 Å². The largest absolute Gasteiger partial charge is 0.373 e. The first-order chi connectivity index (χ1) is 20.2. The number of amides is 2. The number of aromatic nitrogens is 2. The minimum Gasteiger partial charge on any atom is -0.373 e. The molecule has 0 aliphatic carbocycles. The summed E-state index contributed by atoms with van der Waals surface area (Å²) in [6.07, 6.45) is 4.87. The number of ether oxygens (including phenoxy) is 2. The fourth-order valence-electron chi connectivity index (χ4n) is 6.63. The zero-order valence-electron chi connectivity index (χ0n) is 24.9. The molecule has 3 fully saturated rings. The molecule has 2 N–H and O–H groups in total. The second-order valence-corrected chi connectivity index (χ2v) is 12.8. The van der Waals surface area contributed by atoms with Crippen molar-refractivity contribution in [1.29, 1.82) is 0 Å². The lowest BCUT2D eigenvalue weighted by Gasteiger charge is -2.44. The predicted molar refractivity (Wildman–Crippen MR) is 164 cm³/mol. The van der Waals surface area contributed by atoms with E-state index in [9.17, 15) is 9.59 Å². The van der Waals surface area contributed by atoms with E-state index in [0.717, 1.165) is 40.3 Å². The Kier molecular flexibility index (Phi) is 8.08. The van der Waals surface area contributed by atoms with Crippen LogP contribution in [-0.2, 0) is 19.1 Å². The van der Waals surface area contributed by atoms with Gasteiger partial charge in [-0.2, -0.15) is 0 Å². The first-order valence-electron chi connectivity index (χ1n) is 15.1. The van der Waals surface area contributed by atoms with Crippen LogP contribution in [0, 0.1) is 5.92 Å². The molecule has 2 aromatic heterocycles. The number of rotatable bonds is 8. The number of piperidine rings is 1. The van der Waals surface area contributed by atoms with Crippen LogP contribution in [0.4, 0.5) is 5.69 Å². The number of nitrogens with one attached hydrogen (secondary N) is 2. The second kappa shape index (κ2) is 11.6. The molecule has 3 saturated heterocycles. The Morgan fingerprint density at radius 3 is 2.83 bits per heavy atom. The van der Waals surface area contributed by atoms with Crippen molar-refractivity contribution in [1.82, 2.24) is 24.7 Å². The predicted octanol–water partition coefficient (Wildman–Crippen LogP) is 4.09. The number of H-pyrrole nitrogens is 1. The number of morpholine rings is 1. The number of pyridine rings is 1. The van der Waals surface area contributed by atoms with Crippen molar-refractivity contribution < 1.29 is 19.1 Å². The maximum Gasteiger partial charge on any atom is 0.236 e. The number of benzene rings is 1. The quantitative estimate of drug-likeness (QED) is 0.377. The Morgan fingerprint density at radius 2 is 2.05 bits per heavy atom. The average molecular weight is 597 g/mol. The summed E-state index contributed by atoms with van der Waals surface area (Å²) in [5, 5.41) is 6.24. The maximum atomic E-state index is 13.6. The number of anilines is 1. The van der Waals surface area contributed by atoms with Crippen molar-refractivity contribution in [2.75, 3.05) is 51.2 Å². The van der Waals surface area contributed by atoms with Crippen molar-refractivity contribution in [2.45, 2.75) is 64.5 Å². The molecule has 1 aromatic carbocycles. The van der Waals surface area contributed by atoms with E-state index < -0.39 is 0 Å². The van der Waals surface area contributed by atoms with Gasteiger partial charge in [0.1, 0.15) is 6.10 Å². The monoisotopic (exact) mass is 596 g/mol. The van der Waals surface area contributed by atoms with Crippen LogP contribution in [-0.4, -0.2) is 106 Å². The molecule has 42 heavy (non-hydrogen) atoms. The lowest BCUT2D eigenvalue weighted by molar-refractivity contribution is -0.147. The number of carbonyl (C=O) groups is 2. The van der Waals surface area contributed by atoms with Gasteiger partial charge in [0.25, 0.3) is 0 Å². The van der Waals surface area contributed by atoms with E-state index in [4.69, 9.17) is 21.1 Å². The number of likely N-dealkylation sites (tertiary alicyclic amines) is 1. The number of halogens is 1. The van der Waals surface area contributed by atoms with Crippen molar-refractivity contribution in [3.05, 3.63) is 35.6 Å². The molecule has 4 atom stereocenters. The van der Waals surface area contributed by atoms with Gasteiger partial charge in [0, 0.05) is 54.7 Å². The van der Waals surface area contributed by atoms with Crippen molar-refractivity contribution in [3.8, 4) is 0 Å². The molecular formula is C31H41ClN6O4. The van der Waals surface area contributed by atoms with E-state index in [0.29, 0.717) is 44.4 Å². The number of fused-ring (bicyclic) bond motifs is 3. The lowest BCUT2D eigenvalue weighted by atomic mass is 9.96. The highest BCUT2D eigenvalue weighted by molar-refractivity contribution is 6.32. The van der Waals surface area contributed by atoms with Crippen LogP contribution in [0.1, 0.15) is 40.5 Å². The Labute approximate surface area is 251 Å². The Balaban J connectivity index is 1.15. The van der Waals surface area contributed by atoms with E-state index >= 15 is 0 Å². The topological polar surface area (TPSA) is 106 Å². The third kappa shape index (κ3) is 5.82. The summed E-state index contributed by atoms with van der Waals surface area (Å²) in [5.41, 5.74) is 2.37. The van der Waals surface area contributed by atoms with Crippen molar-refractivity contribution in [3.63, 3.8) is 0 Å². The minimum absolute atomic E-state index is 0.0585. The van der Waals surface area contributed by atoms with Crippen LogP contribution in [0.2, 0.25) is 5.02 Å². The molecule has 2 amide bonds. The molecule has 3 aliphatic rings. The normalized spacial score (nSPS) is 26.0. The van der Waals surface area contributed by atoms with Gasteiger partial charge in [-0.05, 0) is 58.7 Å². The number of carbonyl (C=O) groups excluding carboxylic acids is 2. The van der Waals surface area contributed by atoms with E-state index in [2.05, 4.69) is 34.0 Å². The van der Waals surface area contributed by atoms with E-state index in [-0.39, 0.29) is 48.3 Å². The first-order valence-corrected chi connectivity index (χ1v) is 15.5. The third-order valence-electron chi connectivity index (χ3n) is 8.91. The number of nitrogens with zero attached hydrogens (tertiary/aromatic N) is 4. The molecule has 0 bridgehead atoms. The number of epoxide rings is 1. The summed E-state index contributed by atoms with van der Waals surface area (Å²) in [5.74, 6) is 0.0856. The highest BCUT2D eigenvalue weighted by atomic mass is 35.5. The molecule has 5 heterocycles. The Bertz CT molecular complexity index is 1470. The molecular weight excluding hydrogens is 556 g/mol. The number of hydrogen-bond donors (Lipinski definition) is 2. The second-order valence-electron chi connectivity index (χ2n) is 12.3. The standard InChI is InChI=1S/C31H41ClN6O4/c1-5-36(6-2)30(40)19-8-7-11-37(15-19)26(39)16-38-18-31(3,4)41-17-25(38)28-29(42-28)35-23-13-20(32)12-22-21-9-10-33-14-24(21)34-27(22)23/h9-10,12-14,19,25,28-29,34-35H,5-8,11,15-18H2,1-4H3. The third-order valence-corrected chi connectivity index (χ3v) is 9.13. The van der Waals surface area contributed by atoms with Gasteiger partial charge in [-0.15, -0.1) is 0 Å². The van der Waals surface area contributed by atoms with E-state index in [1.54, 1.807) is 6.20 Å². The lowest BCUT2D eigenvalue weighted by Crippen LogP contribution is -2.59. The molecule has 6 rings (SSSR count). The molecule has 10 nitrogen and oxygen atoms in total. The number of aromatic amines is 1. The fourth-order valence-corrected chi connectivity index (χ4v) is 6.85. The van der Waals surface area contributed by atoms with Crippen LogP contribution in [0.5, 0.6) is 0 Å². The molecule has 4 unspecified atom stereocenters. The summed E-state index contributed by atoms with van der Waals surface area (Å²) >= 11 is 6.51. The van der Waals surface area contributed by atoms with Crippen molar-refractivity contribution >= 4 is 50.9 Å². The SMILES string of the molecule is CCN(CC)C(=O)C1CCCN(C(=O)CN2CC(C)(C)OCC2C2OC2Nc2cc(Cl)cc3c2[nH]c2cnccc23)C1. The van der Waals surface area contributed by atoms with Gasteiger partial charge in [-0.1, -0.05) is 11.6 Å². The van der Waals surface area contributed by atoms with Gasteiger partial charge in [0.05, 0.1) is 53.6 Å². The highest BCUT2D eigenvalue weighted by Crippen LogP contribution is 2.38. The van der Waals surface area contributed by atoms with Crippen LogP contribution >= 0.6 is 11.6 Å². The van der Waals surface area contributed by atoms with Gasteiger partial charge >= 0.3 is 0 Å². The smallest absolute Gasteiger partial charge is 0.236 e. The minimum atomic E-state index is -0.380. The summed E-state index contributed by atoms with van der Waals surface area (Å²) in [7, 11) is 0. The molecule has 11 heteroatoms. The summed E-state index contributed by atoms with van der Waals surface area (Å²) < 4.78 is 12.4. The van der Waals surface area contributed by atoms with Gasteiger partial charge in [-0.25, -0.2) is 0 Å². The summed E-state index contributed by atoms with van der Waals surface area (Å²) in [6, 6.07) is 5.75. The van der Waals surface area contributed by atoms with Gasteiger partial charge in [-0.3, -0.25) is 19.5 Å². The van der Waals surface area contributed by atoms with Crippen LogP contribution in [0.3, 0.4) is 0 Å². The van der Waals surface area contributed by atoms with Crippen molar-refractivity contribution in [2.24, 2.45) is 5.92 Å². The highest BCUT2D eigenvalue weighted by Gasteiger charge is 2.51. The molecule has 0 spiro atoms. The molecule has 3 aliphatic heterocycles. The van der Waals surface area contributed by atoms with E-state index in [1.807, 2.05) is 48.0 Å². The van der Waals surface area contributed by atoms with Crippen LogP contribution in [0.15, 0.2) is 30.6 Å². The summed E-state index contributed by atoms with van der Waals surface area (Å²) in [6.45, 7) is 12.0. The molecule has 0 saturated carbocycles. The average Bonchev–Trinajstić information content (AvgIpc) is 3.62. The zero-order chi connectivity index (χ0) is 29.6. The molecule has 0 radical (unpaired) electrons. The van der Waals surface area contributed by atoms with E-state index in [1.165, 1.54) is 0 Å². The van der Waals surface area contributed by atoms with Gasteiger partial charge in [0.15, 0.2) is 6.23 Å². The van der Waals surface area contributed by atoms with Gasteiger partial charge in [0.2, 0.25) is 11.8 Å². The Morgan fingerprint density at radius 1 is 1.24 bits per heavy atom.